The summed E-state index contributed by atoms with van der Waals surface area (Å²) in [6, 6.07) is 0. The van der Waals surface area contributed by atoms with Gasteiger partial charge in [-0.05, 0) is 19.3 Å². The summed E-state index contributed by atoms with van der Waals surface area (Å²) in [7, 11) is 0. The van der Waals surface area contributed by atoms with Crippen LogP contribution in [0.4, 0.5) is 0 Å². The van der Waals surface area contributed by atoms with E-state index in [1.165, 1.54) is 0 Å². The van der Waals surface area contributed by atoms with Gasteiger partial charge < -0.3 is 9.15 Å². The Labute approximate surface area is 94.8 Å². The first-order valence-corrected chi connectivity index (χ1v) is 6.00. The molecule has 1 aliphatic heterocycles. The highest BCUT2D eigenvalue weighted by Gasteiger charge is 2.22. The summed E-state index contributed by atoms with van der Waals surface area (Å²) < 4.78 is 11.0. The van der Waals surface area contributed by atoms with Crippen molar-refractivity contribution in [3.63, 3.8) is 0 Å². The van der Waals surface area contributed by atoms with Gasteiger partial charge >= 0.3 is 0 Å². The molecule has 0 aliphatic carbocycles. The average molecular weight is 230 g/mol. The first-order valence-electron chi connectivity index (χ1n) is 5.47. The molecule has 1 aromatic rings. The number of ether oxygens (including phenoxy) is 1. The molecular weight excluding hydrogens is 214 g/mol. The fourth-order valence-electron chi connectivity index (χ4n) is 1.90. The lowest BCUT2D eigenvalue weighted by atomic mass is 10.0. The quantitative estimate of drug-likeness (QED) is 0.748. The molecule has 0 saturated carbocycles. The predicted octanol–water partition coefficient (Wildman–Crippen LogP) is 2.87. The average Bonchev–Trinajstić information content (AvgIpc) is 2.73. The summed E-state index contributed by atoms with van der Waals surface area (Å²) in [5, 5.41) is 0. The zero-order valence-corrected chi connectivity index (χ0v) is 9.72. The van der Waals surface area contributed by atoms with Gasteiger partial charge in [0.15, 0.2) is 5.89 Å². The van der Waals surface area contributed by atoms with Crippen LogP contribution in [-0.2, 0) is 17.0 Å². The van der Waals surface area contributed by atoms with E-state index in [0.717, 1.165) is 49.8 Å². The van der Waals surface area contributed by atoms with Crippen LogP contribution >= 0.6 is 11.6 Å². The lowest BCUT2D eigenvalue weighted by Crippen LogP contribution is -2.14. The van der Waals surface area contributed by atoms with Crippen LogP contribution in [-0.4, -0.2) is 18.2 Å². The summed E-state index contributed by atoms with van der Waals surface area (Å²) in [5.41, 5.74) is 1.01. The van der Waals surface area contributed by atoms with E-state index in [1.807, 2.05) is 0 Å². The molecule has 0 amide bonds. The summed E-state index contributed by atoms with van der Waals surface area (Å²) in [4.78, 5) is 4.52. The molecule has 0 N–H and O–H groups in total. The fourth-order valence-corrected chi connectivity index (χ4v) is 2.11. The Morgan fingerprint density at radius 1 is 1.40 bits per heavy atom. The van der Waals surface area contributed by atoms with Gasteiger partial charge in [-0.2, -0.15) is 0 Å². The predicted molar refractivity (Wildman–Crippen MR) is 58.2 cm³/mol. The molecule has 84 valence electrons. The zero-order valence-electron chi connectivity index (χ0n) is 8.96. The first kappa shape index (κ1) is 11.0. The smallest absolute Gasteiger partial charge is 0.197 e. The minimum absolute atomic E-state index is 0.416. The molecule has 1 aromatic heterocycles. The molecule has 1 aliphatic rings. The first-order chi connectivity index (χ1) is 7.35. The van der Waals surface area contributed by atoms with E-state index in [0.29, 0.717) is 11.8 Å². The topological polar surface area (TPSA) is 35.3 Å². The molecule has 3 nitrogen and oxygen atoms in total. The van der Waals surface area contributed by atoms with Crippen LogP contribution < -0.4 is 0 Å². The summed E-state index contributed by atoms with van der Waals surface area (Å²) in [6.07, 6.45) is 2.89. The third kappa shape index (κ3) is 2.34. The Balaban J connectivity index is 2.16. The number of oxazole rings is 1. The normalized spacial score (nSPS) is 18.3. The van der Waals surface area contributed by atoms with Crippen LogP contribution in [0.2, 0.25) is 0 Å². The zero-order chi connectivity index (χ0) is 10.7. The Morgan fingerprint density at radius 3 is 2.67 bits per heavy atom. The second-order valence-electron chi connectivity index (χ2n) is 3.80. The van der Waals surface area contributed by atoms with E-state index < -0.39 is 0 Å². The highest BCUT2D eigenvalue weighted by Crippen LogP contribution is 2.28. The second-order valence-corrected chi connectivity index (χ2v) is 4.06. The van der Waals surface area contributed by atoms with Crippen molar-refractivity contribution < 1.29 is 9.15 Å². The number of halogens is 1. The monoisotopic (exact) mass is 229 g/mol. The highest BCUT2D eigenvalue weighted by molar-refractivity contribution is 6.16. The lowest BCUT2D eigenvalue weighted by molar-refractivity contribution is 0.0792. The summed E-state index contributed by atoms with van der Waals surface area (Å²) >= 11 is 5.80. The van der Waals surface area contributed by atoms with E-state index in [4.69, 9.17) is 20.8 Å². The highest BCUT2D eigenvalue weighted by atomic mass is 35.5. The van der Waals surface area contributed by atoms with Crippen LogP contribution in [0, 0.1) is 0 Å². The van der Waals surface area contributed by atoms with Gasteiger partial charge in [0.05, 0.1) is 11.6 Å². The molecular formula is C11H16ClNO2. The van der Waals surface area contributed by atoms with Gasteiger partial charge in [0.2, 0.25) is 0 Å². The van der Waals surface area contributed by atoms with Gasteiger partial charge in [-0.1, -0.05) is 6.92 Å². The van der Waals surface area contributed by atoms with Crippen LogP contribution in [0.15, 0.2) is 4.42 Å². The number of nitrogens with zero attached hydrogens (tertiary/aromatic N) is 1. The fraction of sp³-hybridized carbons (Fsp3) is 0.727. The number of aromatic nitrogens is 1. The van der Waals surface area contributed by atoms with Gasteiger partial charge in [0, 0.05) is 19.1 Å². The van der Waals surface area contributed by atoms with E-state index in [1.54, 1.807) is 0 Å². The minimum Gasteiger partial charge on any atom is -0.444 e. The molecule has 0 unspecified atom stereocenters. The molecule has 15 heavy (non-hydrogen) atoms. The van der Waals surface area contributed by atoms with E-state index >= 15 is 0 Å². The Bertz CT molecular complexity index is 297. The van der Waals surface area contributed by atoms with Gasteiger partial charge in [0.1, 0.15) is 5.76 Å². The van der Waals surface area contributed by atoms with Crippen molar-refractivity contribution in [3.05, 3.63) is 17.3 Å². The van der Waals surface area contributed by atoms with E-state index in [-0.39, 0.29) is 0 Å². The van der Waals surface area contributed by atoms with Gasteiger partial charge in [-0.25, -0.2) is 4.98 Å². The molecule has 0 spiro atoms. The van der Waals surface area contributed by atoms with Crippen LogP contribution in [0.5, 0.6) is 0 Å². The molecule has 0 radical (unpaired) electrons. The molecule has 0 bridgehead atoms. The maximum Gasteiger partial charge on any atom is 0.197 e. The molecule has 4 heteroatoms. The van der Waals surface area contributed by atoms with Crippen LogP contribution in [0.25, 0.3) is 0 Å². The van der Waals surface area contributed by atoms with Crippen molar-refractivity contribution >= 4 is 11.6 Å². The SMILES string of the molecule is CCc1nc(C2CCOCC2)oc1CCl. The summed E-state index contributed by atoms with van der Waals surface area (Å²) in [5.74, 6) is 2.52. The van der Waals surface area contributed by atoms with Crippen molar-refractivity contribution in [3.8, 4) is 0 Å². The van der Waals surface area contributed by atoms with Crippen molar-refractivity contribution in [1.29, 1.82) is 0 Å². The van der Waals surface area contributed by atoms with Gasteiger partial charge in [-0.3, -0.25) is 0 Å². The number of hydrogen-bond donors (Lipinski definition) is 0. The number of aryl methyl sites for hydroxylation is 1. The maximum absolute atomic E-state index is 5.80. The number of alkyl halides is 1. The lowest BCUT2D eigenvalue weighted by Gasteiger charge is -2.18. The largest absolute Gasteiger partial charge is 0.444 e. The van der Waals surface area contributed by atoms with Crippen LogP contribution in [0.3, 0.4) is 0 Å². The number of rotatable bonds is 3. The molecule has 1 saturated heterocycles. The third-order valence-electron chi connectivity index (χ3n) is 2.82. The van der Waals surface area contributed by atoms with Crippen molar-refractivity contribution in [2.24, 2.45) is 0 Å². The van der Waals surface area contributed by atoms with Crippen molar-refractivity contribution in [2.45, 2.75) is 38.0 Å². The Morgan fingerprint density at radius 2 is 2.13 bits per heavy atom. The maximum atomic E-state index is 5.80. The molecule has 2 heterocycles. The Kier molecular flexibility index (Phi) is 3.65. The third-order valence-corrected chi connectivity index (χ3v) is 3.06. The standard InChI is InChI=1S/C11H16ClNO2/c1-2-9-10(7-12)15-11(13-9)8-3-5-14-6-4-8/h8H,2-7H2,1H3. The second kappa shape index (κ2) is 4.99. The van der Waals surface area contributed by atoms with Crippen LogP contribution in [0.1, 0.15) is 43.0 Å². The van der Waals surface area contributed by atoms with E-state index in [9.17, 15) is 0 Å². The minimum atomic E-state index is 0.416. The molecule has 0 atom stereocenters. The van der Waals surface area contributed by atoms with Crippen molar-refractivity contribution in [1.82, 2.24) is 4.98 Å². The summed E-state index contributed by atoms with van der Waals surface area (Å²) in [6.45, 7) is 3.69. The number of hydrogen-bond acceptors (Lipinski definition) is 3. The molecule has 1 fully saturated rings. The van der Waals surface area contributed by atoms with Crippen molar-refractivity contribution in [2.75, 3.05) is 13.2 Å². The van der Waals surface area contributed by atoms with Gasteiger partial charge in [0.25, 0.3) is 0 Å². The van der Waals surface area contributed by atoms with E-state index in [2.05, 4.69) is 11.9 Å². The Hall–Kier alpha value is -0.540. The molecule has 0 aromatic carbocycles. The van der Waals surface area contributed by atoms with Gasteiger partial charge in [-0.15, -0.1) is 11.6 Å². The molecule has 2 rings (SSSR count).